The van der Waals surface area contributed by atoms with E-state index in [0.717, 1.165) is 29.0 Å². The molecule has 3 rings (SSSR count). The number of carbonyl (C=O) groups excluding carboxylic acids is 1. The Morgan fingerprint density at radius 1 is 1.21 bits per heavy atom. The van der Waals surface area contributed by atoms with Gasteiger partial charge < -0.3 is 5.32 Å². The minimum Gasteiger partial charge on any atom is -0.350 e. The van der Waals surface area contributed by atoms with E-state index in [-0.39, 0.29) is 17.3 Å². The molecule has 1 unspecified atom stereocenters. The molecular weight excluding hydrogens is 391 g/mol. The van der Waals surface area contributed by atoms with Crippen LogP contribution < -0.4 is 5.32 Å². The first kappa shape index (κ1) is 20.2. The van der Waals surface area contributed by atoms with Gasteiger partial charge in [-0.05, 0) is 36.2 Å². The van der Waals surface area contributed by atoms with Crippen LogP contribution in [0.1, 0.15) is 47.4 Å². The molecular formula is C20H19ClF3N3O. The summed E-state index contributed by atoms with van der Waals surface area (Å²) in [7, 11) is 0. The molecule has 0 aliphatic heterocycles. The summed E-state index contributed by atoms with van der Waals surface area (Å²) in [6.45, 7) is 2.42. The number of benzene rings is 1. The molecule has 0 fully saturated rings. The molecule has 1 atom stereocenters. The van der Waals surface area contributed by atoms with Crippen LogP contribution in [0.4, 0.5) is 13.2 Å². The molecule has 0 radical (unpaired) electrons. The fourth-order valence-corrected chi connectivity index (χ4v) is 3.23. The number of carbonyl (C=O) groups is 1. The second kappa shape index (κ2) is 8.22. The topological polar surface area (TPSA) is 46.4 Å². The van der Waals surface area contributed by atoms with Gasteiger partial charge in [-0.2, -0.15) is 13.2 Å². The average Bonchev–Trinajstić information content (AvgIpc) is 3.10. The molecule has 0 saturated heterocycles. The minimum atomic E-state index is -4.57. The lowest BCUT2D eigenvalue weighted by molar-refractivity contribution is -0.140. The summed E-state index contributed by atoms with van der Waals surface area (Å²) in [6.07, 6.45) is -1.95. The van der Waals surface area contributed by atoms with Gasteiger partial charge >= 0.3 is 6.18 Å². The Labute approximate surface area is 165 Å². The van der Waals surface area contributed by atoms with Gasteiger partial charge in [0.15, 0.2) is 5.69 Å². The van der Waals surface area contributed by atoms with Crippen molar-refractivity contribution in [2.75, 3.05) is 6.54 Å². The van der Waals surface area contributed by atoms with Crippen LogP contribution in [0.5, 0.6) is 0 Å². The van der Waals surface area contributed by atoms with E-state index in [9.17, 15) is 18.0 Å². The van der Waals surface area contributed by atoms with Gasteiger partial charge in [0, 0.05) is 23.7 Å². The van der Waals surface area contributed by atoms with Gasteiger partial charge in [0.1, 0.15) is 11.3 Å². The molecule has 28 heavy (non-hydrogen) atoms. The van der Waals surface area contributed by atoms with Crippen LogP contribution in [-0.4, -0.2) is 21.8 Å². The van der Waals surface area contributed by atoms with Crippen molar-refractivity contribution in [2.45, 2.75) is 31.9 Å². The zero-order chi connectivity index (χ0) is 20.3. The largest absolute Gasteiger partial charge is 0.434 e. The van der Waals surface area contributed by atoms with E-state index in [1.54, 1.807) is 12.1 Å². The zero-order valence-electron chi connectivity index (χ0n) is 15.1. The van der Waals surface area contributed by atoms with Crippen molar-refractivity contribution in [1.29, 1.82) is 0 Å². The molecule has 0 aliphatic rings. The number of aromatic nitrogens is 2. The lowest BCUT2D eigenvalue weighted by atomic mass is 9.94. The highest BCUT2D eigenvalue weighted by Gasteiger charge is 2.34. The van der Waals surface area contributed by atoms with Crippen LogP contribution >= 0.6 is 11.6 Å². The Morgan fingerprint density at radius 3 is 2.57 bits per heavy atom. The Hall–Kier alpha value is -2.54. The van der Waals surface area contributed by atoms with Crippen molar-refractivity contribution < 1.29 is 18.0 Å². The molecule has 8 heteroatoms. The molecule has 4 nitrogen and oxygen atoms in total. The summed E-state index contributed by atoms with van der Waals surface area (Å²) in [5, 5.41) is 3.47. The molecule has 2 heterocycles. The molecule has 2 aromatic heterocycles. The molecule has 0 bridgehead atoms. The van der Waals surface area contributed by atoms with E-state index in [2.05, 4.69) is 17.2 Å². The maximum absolute atomic E-state index is 12.9. The molecule has 148 valence electrons. The fraction of sp³-hybridized carbons (Fsp3) is 0.300. The summed E-state index contributed by atoms with van der Waals surface area (Å²) in [5.74, 6) is -0.370. The van der Waals surface area contributed by atoms with Crippen LogP contribution in [-0.2, 0) is 6.18 Å². The maximum atomic E-state index is 12.9. The predicted molar refractivity (Wildman–Crippen MR) is 102 cm³/mol. The Morgan fingerprint density at radius 2 is 1.93 bits per heavy atom. The van der Waals surface area contributed by atoms with Gasteiger partial charge in [-0.1, -0.05) is 43.1 Å². The van der Waals surface area contributed by atoms with Crippen LogP contribution in [0.3, 0.4) is 0 Å². The van der Waals surface area contributed by atoms with Crippen molar-refractivity contribution in [3.05, 3.63) is 70.6 Å². The second-order valence-electron chi connectivity index (χ2n) is 6.51. The van der Waals surface area contributed by atoms with Gasteiger partial charge in [-0.25, -0.2) is 4.98 Å². The summed E-state index contributed by atoms with van der Waals surface area (Å²) in [5.41, 5.74) is 0.194. The molecule has 0 spiro atoms. The third-order valence-electron chi connectivity index (χ3n) is 4.50. The number of nitrogens with zero attached hydrogens (tertiary/aromatic N) is 2. The molecule has 0 aliphatic carbocycles. The van der Waals surface area contributed by atoms with E-state index >= 15 is 0 Å². The summed E-state index contributed by atoms with van der Waals surface area (Å²) in [6, 6.07) is 11.8. The number of fused-ring (bicyclic) bond motifs is 1. The number of pyridine rings is 1. The Balaban J connectivity index is 1.80. The Bertz CT molecular complexity index is 967. The molecule has 1 aromatic carbocycles. The highest BCUT2D eigenvalue weighted by Crippen LogP contribution is 2.29. The predicted octanol–water partition coefficient (Wildman–Crippen LogP) is 5.32. The smallest absolute Gasteiger partial charge is 0.350 e. The quantitative estimate of drug-likeness (QED) is 0.599. The third-order valence-corrected chi connectivity index (χ3v) is 4.75. The lowest BCUT2D eigenvalue weighted by Crippen LogP contribution is -2.29. The number of nitrogens with one attached hydrogen (secondary N) is 1. The monoisotopic (exact) mass is 409 g/mol. The summed E-state index contributed by atoms with van der Waals surface area (Å²) < 4.78 is 39.9. The van der Waals surface area contributed by atoms with Gasteiger partial charge in [0.2, 0.25) is 0 Å². The van der Waals surface area contributed by atoms with Crippen molar-refractivity contribution in [3.8, 4) is 0 Å². The van der Waals surface area contributed by atoms with E-state index in [1.807, 2.05) is 12.1 Å². The van der Waals surface area contributed by atoms with E-state index in [4.69, 9.17) is 11.6 Å². The molecule has 0 saturated carbocycles. The van der Waals surface area contributed by atoms with Crippen molar-refractivity contribution in [1.82, 2.24) is 14.7 Å². The number of amides is 1. The first-order valence-corrected chi connectivity index (χ1v) is 9.26. The van der Waals surface area contributed by atoms with E-state index in [0.29, 0.717) is 11.6 Å². The van der Waals surface area contributed by atoms with Crippen LogP contribution in [0.25, 0.3) is 5.65 Å². The van der Waals surface area contributed by atoms with E-state index < -0.39 is 17.8 Å². The average molecular weight is 410 g/mol. The first-order chi connectivity index (χ1) is 13.3. The van der Waals surface area contributed by atoms with Crippen molar-refractivity contribution in [2.24, 2.45) is 0 Å². The number of alkyl halides is 3. The van der Waals surface area contributed by atoms with Crippen molar-refractivity contribution in [3.63, 3.8) is 0 Å². The summed E-state index contributed by atoms with van der Waals surface area (Å²) >= 11 is 5.93. The standard InChI is InChI=1S/C20H19ClF3N3O/c1-2-4-14(13-7-9-15(21)10-8-13)11-25-19(28)16-5-3-6-18-26-17(12-27(16)18)20(22,23)24/h3,5-10,12,14H,2,4,11H2,1H3,(H,25,28). The van der Waals surface area contributed by atoms with Crippen LogP contribution in [0.2, 0.25) is 5.02 Å². The van der Waals surface area contributed by atoms with Gasteiger partial charge in [-0.15, -0.1) is 0 Å². The SMILES string of the molecule is CCCC(CNC(=O)c1cccc2nc(C(F)(F)F)cn12)c1ccc(Cl)cc1. The Kier molecular flexibility index (Phi) is 5.93. The number of imidazole rings is 1. The lowest BCUT2D eigenvalue weighted by Gasteiger charge is -2.18. The highest BCUT2D eigenvalue weighted by atomic mass is 35.5. The van der Waals surface area contributed by atoms with Gasteiger partial charge in [-0.3, -0.25) is 9.20 Å². The first-order valence-electron chi connectivity index (χ1n) is 8.88. The number of rotatable bonds is 6. The van der Waals surface area contributed by atoms with Gasteiger partial charge in [0.25, 0.3) is 5.91 Å². The third kappa shape index (κ3) is 4.47. The molecule has 3 aromatic rings. The highest BCUT2D eigenvalue weighted by molar-refractivity contribution is 6.30. The van der Waals surface area contributed by atoms with E-state index in [1.165, 1.54) is 18.2 Å². The van der Waals surface area contributed by atoms with Gasteiger partial charge in [0.05, 0.1) is 0 Å². The van der Waals surface area contributed by atoms with Crippen LogP contribution in [0.15, 0.2) is 48.7 Å². The second-order valence-corrected chi connectivity index (χ2v) is 6.95. The molecule has 1 N–H and O–H groups in total. The summed E-state index contributed by atoms with van der Waals surface area (Å²) in [4.78, 5) is 16.2. The zero-order valence-corrected chi connectivity index (χ0v) is 15.9. The van der Waals surface area contributed by atoms with Crippen molar-refractivity contribution >= 4 is 23.2 Å². The minimum absolute atomic E-state index is 0.0720. The molecule has 1 amide bonds. The normalized spacial score (nSPS) is 12.9. The fourth-order valence-electron chi connectivity index (χ4n) is 3.11. The van der Waals surface area contributed by atoms with Crippen LogP contribution in [0, 0.1) is 0 Å². The number of halogens is 4. The number of hydrogen-bond donors (Lipinski definition) is 1. The number of hydrogen-bond acceptors (Lipinski definition) is 2. The maximum Gasteiger partial charge on any atom is 0.434 e.